The Kier molecular flexibility index (Phi) is 5.86. The molecule has 0 aliphatic rings. The van der Waals surface area contributed by atoms with E-state index in [0.717, 1.165) is 28.4 Å². The molecule has 22 heavy (non-hydrogen) atoms. The fourth-order valence-electron chi connectivity index (χ4n) is 2.19. The molecule has 0 aromatic heterocycles. The summed E-state index contributed by atoms with van der Waals surface area (Å²) < 4.78 is 28.5. The van der Waals surface area contributed by atoms with Gasteiger partial charge >= 0.3 is 0 Å². The normalized spacial score (nSPS) is 11.4. The van der Waals surface area contributed by atoms with Gasteiger partial charge in [-0.25, -0.2) is 8.42 Å². The van der Waals surface area contributed by atoms with Crippen LogP contribution in [0.2, 0.25) is 0 Å². The van der Waals surface area contributed by atoms with E-state index in [1.807, 2.05) is 19.1 Å². The van der Waals surface area contributed by atoms with E-state index in [4.69, 9.17) is 0 Å². The summed E-state index contributed by atoms with van der Waals surface area (Å²) in [5, 5.41) is 0. The van der Waals surface area contributed by atoms with Gasteiger partial charge < -0.3 is 0 Å². The third kappa shape index (κ3) is 4.46. The van der Waals surface area contributed by atoms with Gasteiger partial charge in [-0.05, 0) is 83.8 Å². The number of benzene rings is 2. The average Bonchev–Trinajstić information content (AvgIpc) is 2.48. The highest BCUT2D eigenvalue weighted by Gasteiger charge is 2.15. The average molecular weight is 429 g/mol. The highest BCUT2D eigenvalue weighted by Crippen LogP contribution is 2.22. The molecule has 3 nitrogen and oxygen atoms in total. The van der Waals surface area contributed by atoms with Gasteiger partial charge in [0, 0.05) is 3.57 Å². The number of hydrogen-bond donors (Lipinski definition) is 1. The van der Waals surface area contributed by atoms with Crippen LogP contribution >= 0.6 is 22.6 Å². The summed E-state index contributed by atoms with van der Waals surface area (Å²) in [7, 11) is -3.54. The largest absolute Gasteiger partial charge is 0.279 e. The quantitative estimate of drug-likeness (QED) is 0.675. The molecule has 0 heterocycles. The second kappa shape index (κ2) is 7.46. The van der Waals surface area contributed by atoms with Gasteiger partial charge in [0.05, 0.1) is 10.6 Å². The first kappa shape index (κ1) is 17.3. The topological polar surface area (TPSA) is 46.2 Å². The fraction of sp³-hybridized carbons (Fsp3) is 0.294. The molecule has 0 fully saturated rings. The zero-order valence-corrected chi connectivity index (χ0v) is 15.7. The fourth-order valence-corrected chi connectivity index (χ4v) is 3.68. The molecular formula is C17H20INO2S. The summed E-state index contributed by atoms with van der Waals surface area (Å²) >= 11 is 2.15. The molecule has 0 unspecified atom stereocenters. The van der Waals surface area contributed by atoms with Gasteiger partial charge in [-0.2, -0.15) is 0 Å². The lowest BCUT2D eigenvalue weighted by Gasteiger charge is -2.12. The Balaban J connectivity index is 2.20. The van der Waals surface area contributed by atoms with E-state index in [0.29, 0.717) is 5.69 Å². The Bertz CT molecular complexity index is 740. The van der Waals surface area contributed by atoms with Gasteiger partial charge in [-0.1, -0.05) is 25.5 Å². The van der Waals surface area contributed by atoms with Crippen LogP contribution in [0.1, 0.15) is 30.9 Å². The minimum absolute atomic E-state index is 0.280. The lowest BCUT2D eigenvalue weighted by atomic mass is 10.1. The van der Waals surface area contributed by atoms with Crippen LogP contribution in [0.5, 0.6) is 0 Å². The molecule has 0 radical (unpaired) electrons. The Morgan fingerprint density at radius 3 is 2.36 bits per heavy atom. The predicted octanol–water partition coefficient (Wildman–Crippen LogP) is 4.74. The van der Waals surface area contributed by atoms with E-state index in [-0.39, 0.29) is 4.90 Å². The smallest absolute Gasteiger partial charge is 0.261 e. The number of unbranched alkanes of at least 4 members (excludes halogenated alkanes) is 1. The molecular weight excluding hydrogens is 409 g/mol. The summed E-state index contributed by atoms with van der Waals surface area (Å²) in [6.45, 7) is 4.09. The van der Waals surface area contributed by atoms with Crippen molar-refractivity contribution >= 4 is 38.3 Å². The third-order valence-corrected chi connectivity index (χ3v) is 5.58. The van der Waals surface area contributed by atoms with Crippen LogP contribution in [-0.4, -0.2) is 8.42 Å². The summed E-state index contributed by atoms with van der Waals surface area (Å²) in [6.07, 6.45) is 3.33. The lowest BCUT2D eigenvalue weighted by molar-refractivity contribution is 0.601. The first-order valence-corrected chi connectivity index (χ1v) is 9.86. The number of halogens is 1. The van der Waals surface area contributed by atoms with Crippen LogP contribution in [0, 0.1) is 10.5 Å². The highest BCUT2D eigenvalue weighted by molar-refractivity contribution is 14.1. The van der Waals surface area contributed by atoms with Crippen molar-refractivity contribution < 1.29 is 8.42 Å². The summed E-state index contributed by atoms with van der Waals surface area (Å²) in [4.78, 5) is 0.280. The van der Waals surface area contributed by atoms with E-state index in [1.54, 1.807) is 24.3 Å². The van der Waals surface area contributed by atoms with Crippen molar-refractivity contribution in [2.45, 2.75) is 38.0 Å². The van der Waals surface area contributed by atoms with Crippen molar-refractivity contribution in [1.29, 1.82) is 0 Å². The Morgan fingerprint density at radius 2 is 1.77 bits per heavy atom. The van der Waals surface area contributed by atoms with Crippen LogP contribution < -0.4 is 4.72 Å². The molecule has 2 rings (SSSR count). The van der Waals surface area contributed by atoms with E-state index in [2.05, 4.69) is 40.3 Å². The zero-order valence-electron chi connectivity index (χ0n) is 12.8. The van der Waals surface area contributed by atoms with Gasteiger partial charge in [-0.3, -0.25) is 4.72 Å². The standard InChI is InChI=1S/C17H20INO2S/c1-3-4-5-14-6-11-17(13(2)12-14)19-22(20,21)16-9-7-15(18)8-10-16/h6-12,19H,3-5H2,1-2H3. The van der Waals surface area contributed by atoms with Crippen molar-refractivity contribution in [3.63, 3.8) is 0 Å². The molecule has 118 valence electrons. The van der Waals surface area contributed by atoms with Crippen molar-refractivity contribution in [1.82, 2.24) is 0 Å². The monoisotopic (exact) mass is 429 g/mol. The number of rotatable bonds is 6. The van der Waals surface area contributed by atoms with Gasteiger partial charge in [0.2, 0.25) is 0 Å². The summed E-state index contributed by atoms with van der Waals surface area (Å²) in [5.41, 5.74) is 2.83. The Hall–Kier alpha value is -1.08. The Labute approximate surface area is 146 Å². The van der Waals surface area contributed by atoms with Gasteiger partial charge in [0.15, 0.2) is 0 Å². The number of aryl methyl sites for hydroxylation is 2. The molecule has 0 saturated carbocycles. The summed E-state index contributed by atoms with van der Waals surface area (Å²) in [5.74, 6) is 0. The summed E-state index contributed by atoms with van der Waals surface area (Å²) in [6, 6.07) is 12.7. The molecule has 0 aliphatic heterocycles. The van der Waals surface area contributed by atoms with Crippen molar-refractivity contribution in [3.05, 3.63) is 57.2 Å². The second-order valence-electron chi connectivity index (χ2n) is 5.31. The zero-order chi connectivity index (χ0) is 16.2. The van der Waals surface area contributed by atoms with E-state index in [9.17, 15) is 8.42 Å². The van der Waals surface area contributed by atoms with Crippen LogP contribution in [0.4, 0.5) is 5.69 Å². The number of sulfonamides is 1. The van der Waals surface area contributed by atoms with Crippen molar-refractivity contribution in [3.8, 4) is 0 Å². The minimum atomic E-state index is -3.54. The molecule has 0 spiro atoms. The minimum Gasteiger partial charge on any atom is -0.279 e. The first-order chi connectivity index (χ1) is 10.4. The van der Waals surface area contributed by atoms with Crippen molar-refractivity contribution in [2.75, 3.05) is 4.72 Å². The second-order valence-corrected chi connectivity index (χ2v) is 8.24. The van der Waals surface area contributed by atoms with Crippen molar-refractivity contribution in [2.24, 2.45) is 0 Å². The van der Waals surface area contributed by atoms with Crippen LogP contribution in [0.3, 0.4) is 0 Å². The van der Waals surface area contributed by atoms with E-state index >= 15 is 0 Å². The van der Waals surface area contributed by atoms with Gasteiger partial charge in [-0.15, -0.1) is 0 Å². The van der Waals surface area contributed by atoms with E-state index in [1.165, 1.54) is 5.56 Å². The SMILES string of the molecule is CCCCc1ccc(NS(=O)(=O)c2ccc(I)cc2)c(C)c1. The van der Waals surface area contributed by atoms with Crippen LogP contribution in [0.25, 0.3) is 0 Å². The van der Waals surface area contributed by atoms with Crippen LogP contribution in [0.15, 0.2) is 47.4 Å². The third-order valence-electron chi connectivity index (χ3n) is 3.48. The number of anilines is 1. The first-order valence-electron chi connectivity index (χ1n) is 7.30. The molecule has 0 amide bonds. The maximum Gasteiger partial charge on any atom is 0.261 e. The van der Waals surface area contributed by atoms with E-state index < -0.39 is 10.0 Å². The molecule has 1 N–H and O–H groups in total. The predicted molar refractivity (Wildman–Crippen MR) is 99.8 cm³/mol. The Morgan fingerprint density at radius 1 is 1.09 bits per heavy atom. The molecule has 0 saturated heterocycles. The molecule has 2 aromatic carbocycles. The molecule has 0 atom stereocenters. The molecule has 5 heteroatoms. The van der Waals surface area contributed by atoms with Gasteiger partial charge in [0.25, 0.3) is 10.0 Å². The van der Waals surface area contributed by atoms with Crippen LogP contribution in [-0.2, 0) is 16.4 Å². The maximum absolute atomic E-state index is 12.4. The molecule has 0 bridgehead atoms. The number of nitrogens with one attached hydrogen (secondary N) is 1. The van der Waals surface area contributed by atoms with Gasteiger partial charge in [0.1, 0.15) is 0 Å². The number of hydrogen-bond acceptors (Lipinski definition) is 2. The lowest BCUT2D eigenvalue weighted by Crippen LogP contribution is -2.13. The molecule has 2 aromatic rings. The molecule has 0 aliphatic carbocycles. The maximum atomic E-state index is 12.4. The highest BCUT2D eigenvalue weighted by atomic mass is 127.